The highest BCUT2D eigenvalue weighted by molar-refractivity contribution is 7.16. The fourth-order valence-electron chi connectivity index (χ4n) is 9.58. The van der Waals surface area contributed by atoms with Crippen molar-refractivity contribution in [1.29, 1.82) is 5.26 Å². The van der Waals surface area contributed by atoms with Gasteiger partial charge in [-0.15, -0.1) is 22.7 Å². The molecule has 0 spiro atoms. The molecule has 2 saturated heterocycles. The number of aldehydes is 1. The van der Waals surface area contributed by atoms with E-state index in [1.807, 2.05) is 41.2 Å². The lowest BCUT2D eigenvalue weighted by molar-refractivity contribution is -0.118. The zero-order chi connectivity index (χ0) is 55.4. The highest BCUT2D eigenvalue weighted by Gasteiger charge is 2.33. The average molecular weight is 1090 g/mol. The fraction of sp³-hybridized carbons (Fsp3) is 0.586. The van der Waals surface area contributed by atoms with Crippen LogP contribution >= 0.6 is 22.7 Å². The van der Waals surface area contributed by atoms with Crippen LogP contribution in [0.4, 0.5) is 10.9 Å². The van der Waals surface area contributed by atoms with E-state index in [4.69, 9.17) is 25.0 Å². The van der Waals surface area contributed by atoms with Crippen LogP contribution in [0.25, 0.3) is 22.0 Å². The lowest BCUT2D eigenvalue weighted by atomic mass is 9.85. The Labute approximate surface area is 465 Å². The number of unbranched alkanes of at least 4 members (excludes halogenated alkanes) is 1. The highest BCUT2D eigenvalue weighted by Crippen LogP contribution is 2.44. The molecule has 0 saturated carbocycles. The first-order valence-corrected chi connectivity index (χ1v) is 29.5. The van der Waals surface area contributed by atoms with Crippen molar-refractivity contribution in [2.45, 2.75) is 157 Å². The summed E-state index contributed by atoms with van der Waals surface area (Å²) in [5, 5.41) is 22.9. The summed E-state index contributed by atoms with van der Waals surface area (Å²) in [5.74, 6) is 4.21. The summed E-state index contributed by atoms with van der Waals surface area (Å²) >= 11 is 3.21. The number of aryl methyl sites for hydroxylation is 2. The molecule has 5 atom stereocenters. The first-order valence-electron chi connectivity index (χ1n) is 27.8. The van der Waals surface area contributed by atoms with Crippen molar-refractivity contribution in [3.05, 3.63) is 81.4 Å². The van der Waals surface area contributed by atoms with Gasteiger partial charge in [0.05, 0.1) is 46.4 Å². The number of rotatable bonds is 18. The second-order valence-electron chi connectivity index (χ2n) is 21.5. The topological polar surface area (TPSA) is 211 Å². The van der Waals surface area contributed by atoms with Crippen LogP contribution in [-0.4, -0.2) is 114 Å². The quantitative estimate of drug-likeness (QED) is 0.0626. The summed E-state index contributed by atoms with van der Waals surface area (Å²) < 4.78 is 13.5. The standard InChI is InChI=1S/C31H41N11O2S.C16H21NS.C6H11NO.C5H10O/c1-20(2)21(3)42-19-26(37-39-42)43-17-5-4-12-40-13-7-14-41(16-15-40)31-34-11-10-24(35-31)29-36-30(44-38-29)22-8-6-9-25-27(22)23(18-32)28(33)45-25;1-11(2)9-12(3)14-5-7-15(8-6-14)16-13(4)17-10-18-16;1-6-3-2-4-7(6)5-8;1-3-5(2)4-6/h10-11,19-22H,4-9,12-17,33H2,1-3H3;5-8,10-12H,9H2,1-4H3;5-6H,2-4H2,1H3;4-5H,3H2,1-2H3. The van der Waals surface area contributed by atoms with Crippen molar-refractivity contribution >= 4 is 46.3 Å². The largest absolute Gasteiger partial charge is 0.475 e. The van der Waals surface area contributed by atoms with Gasteiger partial charge in [-0.1, -0.05) is 88.2 Å². The van der Waals surface area contributed by atoms with Crippen LogP contribution in [0.15, 0.2) is 52.8 Å². The SMILES string of the molecule is CC(C)C(C)n1cc(OCCCCN2CCCN(c3nccc(-c4noc(C5CCCc6sc(N)c(C#N)c65)n4)n3)CC2)nn1.CC1CCCN1C=O.CCC(C)C=O.Cc1ncsc1-c1ccc(C(C)CC(C)C)cc1. The molecule has 0 bridgehead atoms. The molecular formula is C58H83N13O4S2. The average Bonchev–Trinajstić information content (AvgIpc) is 4.30. The van der Waals surface area contributed by atoms with E-state index in [1.54, 1.807) is 17.5 Å². The predicted octanol–water partition coefficient (Wildman–Crippen LogP) is 11.8. The van der Waals surface area contributed by atoms with Gasteiger partial charge in [0.25, 0.3) is 5.88 Å². The molecule has 1 aromatic carbocycles. The minimum Gasteiger partial charge on any atom is -0.475 e. The first-order chi connectivity index (χ1) is 37.1. The zero-order valence-electron chi connectivity index (χ0n) is 47.2. The van der Waals surface area contributed by atoms with E-state index in [1.165, 1.54) is 46.6 Å². The number of nitrogens with two attached hydrogens (primary N) is 1. The van der Waals surface area contributed by atoms with Crippen LogP contribution in [0.2, 0.25) is 0 Å². The van der Waals surface area contributed by atoms with Crippen LogP contribution in [0.1, 0.15) is 171 Å². The second kappa shape index (κ2) is 30.2. The molecule has 6 aromatic rings. The number of ether oxygens (including phenoxy) is 1. The summed E-state index contributed by atoms with van der Waals surface area (Å²) in [4.78, 5) is 47.3. The number of carbonyl (C=O) groups excluding carboxylic acids is 2. The van der Waals surface area contributed by atoms with E-state index >= 15 is 0 Å². The number of nitrogens with zero attached hydrogens (tertiary/aromatic N) is 12. The predicted molar refractivity (Wildman–Crippen MR) is 308 cm³/mol. The third-order valence-corrected chi connectivity index (χ3v) is 16.9. The third-order valence-electron chi connectivity index (χ3n) is 14.8. The molecule has 416 valence electrons. The van der Waals surface area contributed by atoms with Crippen LogP contribution in [0.3, 0.4) is 0 Å². The maximum atomic E-state index is 10.1. The van der Waals surface area contributed by atoms with Crippen molar-refractivity contribution in [3.63, 3.8) is 0 Å². The highest BCUT2D eigenvalue weighted by atomic mass is 32.1. The van der Waals surface area contributed by atoms with Crippen LogP contribution < -0.4 is 15.4 Å². The summed E-state index contributed by atoms with van der Waals surface area (Å²) in [6.45, 7) is 27.7. The normalized spacial score (nSPS) is 17.6. The van der Waals surface area contributed by atoms with Crippen LogP contribution in [0.5, 0.6) is 5.88 Å². The monoisotopic (exact) mass is 1090 g/mol. The Morgan fingerprint density at radius 3 is 2.38 bits per heavy atom. The Kier molecular flexibility index (Phi) is 23.6. The molecule has 0 radical (unpaired) electrons. The number of fused-ring (bicyclic) bond motifs is 1. The van der Waals surface area contributed by atoms with Gasteiger partial charge in [0.1, 0.15) is 23.1 Å². The van der Waals surface area contributed by atoms with Gasteiger partial charge in [-0.25, -0.2) is 19.6 Å². The van der Waals surface area contributed by atoms with E-state index in [0.717, 1.165) is 119 Å². The Morgan fingerprint density at radius 1 is 0.948 bits per heavy atom. The van der Waals surface area contributed by atoms with E-state index in [9.17, 15) is 14.9 Å². The van der Waals surface area contributed by atoms with E-state index in [0.29, 0.717) is 70.3 Å². The van der Waals surface area contributed by atoms with Gasteiger partial charge in [0.2, 0.25) is 24.1 Å². The van der Waals surface area contributed by atoms with Crippen molar-refractivity contribution in [3.8, 4) is 33.9 Å². The molecule has 2 fully saturated rings. The molecule has 1 aliphatic carbocycles. The van der Waals surface area contributed by atoms with Gasteiger partial charge in [-0.3, -0.25) is 4.79 Å². The van der Waals surface area contributed by atoms with Gasteiger partial charge in [-0.05, 0) is 139 Å². The number of hydrogen-bond donors (Lipinski definition) is 1. The van der Waals surface area contributed by atoms with E-state index in [2.05, 4.69) is 121 Å². The van der Waals surface area contributed by atoms with Crippen molar-refractivity contribution < 1.29 is 18.8 Å². The minimum absolute atomic E-state index is 0.128. The number of nitrogen functional groups attached to an aromatic ring is 1. The molecule has 9 rings (SSSR count). The van der Waals surface area contributed by atoms with Crippen LogP contribution in [-0.2, 0) is 16.0 Å². The molecular weight excluding hydrogens is 1010 g/mol. The Bertz CT molecular complexity index is 2760. The number of hydrogen-bond acceptors (Lipinski definition) is 17. The summed E-state index contributed by atoms with van der Waals surface area (Å²) in [7, 11) is 0. The van der Waals surface area contributed by atoms with Gasteiger partial charge >= 0.3 is 0 Å². The lowest BCUT2D eigenvalue weighted by Gasteiger charge is -2.22. The van der Waals surface area contributed by atoms with Gasteiger partial charge in [0.15, 0.2) is 0 Å². The third kappa shape index (κ3) is 17.2. The van der Waals surface area contributed by atoms with Crippen molar-refractivity contribution in [2.24, 2.45) is 17.8 Å². The number of thiophene rings is 1. The number of likely N-dealkylation sites (tertiary alicyclic amines) is 1. The number of nitriles is 1. The molecule has 5 aromatic heterocycles. The van der Waals surface area contributed by atoms with Crippen LogP contribution in [0, 0.1) is 36.0 Å². The second-order valence-corrected chi connectivity index (χ2v) is 23.5. The summed E-state index contributed by atoms with van der Waals surface area (Å²) in [6.07, 6.45) is 15.9. The number of carbonyl (C=O) groups is 2. The molecule has 2 aliphatic heterocycles. The number of thiazole rings is 1. The summed E-state index contributed by atoms with van der Waals surface area (Å²) in [5.41, 5.74) is 14.0. The molecule has 2 N–H and O–H groups in total. The van der Waals surface area contributed by atoms with Gasteiger partial charge in [-0.2, -0.15) is 10.2 Å². The molecule has 1 amide bonds. The zero-order valence-corrected chi connectivity index (χ0v) is 48.9. The number of benzene rings is 1. The van der Waals surface area contributed by atoms with Crippen molar-refractivity contribution in [2.75, 3.05) is 56.5 Å². The van der Waals surface area contributed by atoms with Gasteiger partial charge in [0, 0.05) is 49.2 Å². The summed E-state index contributed by atoms with van der Waals surface area (Å²) in [6, 6.07) is 13.9. The smallest absolute Gasteiger partial charge is 0.253 e. The number of anilines is 2. The number of aromatic nitrogens is 8. The molecule has 77 heavy (non-hydrogen) atoms. The van der Waals surface area contributed by atoms with E-state index in [-0.39, 0.29) is 11.8 Å². The minimum atomic E-state index is -0.128. The molecule has 3 aliphatic rings. The molecule has 19 heteroatoms. The maximum Gasteiger partial charge on any atom is 0.253 e. The van der Waals surface area contributed by atoms with Gasteiger partial charge < -0.3 is 34.5 Å². The van der Waals surface area contributed by atoms with E-state index < -0.39 is 0 Å². The Morgan fingerprint density at radius 2 is 1.74 bits per heavy atom. The van der Waals surface area contributed by atoms with Crippen molar-refractivity contribution in [1.82, 2.24) is 49.9 Å². The molecule has 17 nitrogen and oxygen atoms in total. The lowest BCUT2D eigenvalue weighted by Crippen LogP contribution is -2.32. The Balaban J connectivity index is 0.000000243. The molecule has 7 heterocycles. The maximum absolute atomic E-state index is 10.1. The fourth-order valence-corrected chi connectivity index (χ4v) is 11.5. The Hall–Kier alpha value is -6.10. The molecule has 5 unspecified atom stereocenters. The number of amides is 1. The first kappa shape index (κ1) is 60.1.